The molecular formula is C51H95NO12S. The van der Waals surface area contributed by atoms with Crippen molar-refractivity contribution < 1.29 is 57.0 Å². The average Bonchev–Trinajstić information content (AvgIpc) is 3.28. The van der Waals surface area contributed by atoms with Crippen LogP contribution in [0.5, 0.6) is 0 Å². The topological polar surface area (TPSA) is 212 Å². The molecule has 0 aliphatic carbocycles. The summed E-state index contributed by atoms with van der Waals surface area (Å²) in [5.41, 5.74) is 0. The van der Waals surface area contributed by atoms with Crippen LogP contribution in [-0.4, -0.2) is 107 Å². The van der Waals surface area contributed by atoms with Crippen molar-refractivity contribution in [3.05, 3.63) is 36.5 Å². The van der Waals surface area contributed by atoms with Crippen molar-refractivity contribution in [2.45, 2.75) is 268 Å². The second-order valence-corrected chi connectivity index (χ2v) is 19.3. The van der Waals surface area contributed by atoms with Crippen molar-refractivity contribution in [3.8, 4) is 0 Å². The van der Waals surface area contributed by atoms with Crippen LogP contribution in [-0.2, 0) is 28.9 Å². The molecule has 0 radical (unpaired) electrons. The normalized spacial score (nSPS) is 20.9. The third kappa shape index (κ3) is 33.4. The van der Waals surface area contributed by atoms with Crippen LogP contribution in [0.1, 0.15) is 219 Å². The molecular weight excluding hydrogens is 851 g/mol. The van der Waals surface area contributed by atoms with E-state index in [2.05, 4.69) is 40.7 Å². The number of rotatable bonds is 44. The zero-order chi connectivity index (χ0) is 47.8. The molecule has 1 fully saturated rings. The van der Waals surface area contributed by atoms with Gasteiger partial charge in [-0.2, -0.15) is 8.42 Å². The Morgan fingerprint density at radius 1 is 0.631 bits per heavy atom. The number of carbonyl (C=O) groups is 1. The Morgan fingerprint density at radius 3 is 1.54 bits per heavy atom. The van der Waals surface area contributed by atoms with Gasteiger partial charge in [-0.05, 0) is 44.9 Å². The van der Waals surface area contributed by atoms with Gasteiger partial charge in [-0.15, -0.1) is 0 Å². The molecule has 0 aromatic rings. The summed E-state index contributed by atoms with van der Waals surface area (Å²) in [5.74, 6) is -0.711. The molecule has 13 nitrogen and oxygen atoms in total. The van der Waals surface area contributed by atoms with Crippen LogP contribution >= 0.6 is 0 Å². The van der Waals surface area contributed by atoms with Gasteiger partial charge in [0.05, 0.1) is 25.4 Å². The van der Waals surface area contributed by atoms with E-state index < -0.39 is 78.5 Å². The first-order valence-corrected chi connectivity index (χ1v) is 27.3. The highest BCUT2D eigenvalue weighted by atomic mass is 32.3. The van der Waals surface area contributed by atoms with Crippen LogP contribution in [0.3, 0.4) is 0 Å². The van der Waals surface area contributed by atoms with Crippen LogP contribution in [0.25, 0.3) is 0 Å². The van der Waals surface area contributed by atoms with E-state index in [-0.39, 0.29) is 6.42 Å². The molecule has 1 amide bonds. The molecule has 8 unspecified atom stereocenters. The van der Waals surface area contributed by atoms with Crippen molar-refractivity contribution in [3.63, 3.8) is 0 Å². The summed E-state index contributed by atoms with van der Waals surface area (Å²) in [6, 6.07) is -1.11. The van der Waals surface area contributed by atoms with Gasteiger partial charge in [0.2, 0.25) is 5.91 Å². The van der Waals surface area contributed by atoms with Crippen LogP contribution in [0.15, 0.2) is 36.5 Å². The highest BCUT2D eigenvalue weighted by molar-refractivity contribution is 7.80. The predicted octanol–water partition coefficient (Wildman–Crippen LogP) is 10.0. The molecule has 0 saturated carbocycles. The van der Waals surface area contributed by atoms with Crippen molar-refractivity contribution in [2.24, 2.45) is 0 Å². The predicted molar refractivity (Wildman–Crippen MR) is 261 cm³/mol. The average molecular weight is 946 g/mol. The summed E-state index contributed by atoms with van der Waals surface area (Å²) < 4.78 is 47.2. The number of nitrogens with one attached hydrogen (secondary N) is 1. The van der Waals surface area contributed by atoms with Crippen molar-refractivity contribution in [2.75, 3.05) is 13.2 Å². The van der Waals surface area contributed by atoms with Crippen LogP contribution in [0.4, 0.5) is 0 Å². The molecule has 382 valence electrons. The maximum atomic E-state index is 13.0. The summed E-state index contributed by atoms with van der Waals surface area (Å²) in [5, 5.41) is 54.6. The fraction of sp³-hybridized carbons (Fsp3) is 0.863. The van der Waals surface area contributed by atoms with E-state index in [1.807, 2.05) is 6.92 Å². The van der Waals surface area contributed by atoms with E-state index in [0.717, 1.165) is 38.5 Å². The molecule has 7 N–H and O–H groups in total. The zero-order valence-electron chi connectivity index (χ0n) is 40.7. The van der Waals surface area contributed by atoms with E-state index >= 15 is 0 Å². The molecule has 1 heterocycles. The van der Waals surface area contributed by atoms with Gasteiger partial charge >= 0.3 is 10.4 Å². The monoisotopic (exact) mass is 946 g/mol. The molecule has 14 heteroatoms. The third-order valence-electron chi connectivity index (χ3n) is 12.3. The fourth-order valence-electron chi connectivity index (χ4n) is 8.13. The zero-order valence-corrected chi connectivity index (χ0v) is 41.5. The number of hydrogen-bond donors (Lipinski definition) is 7. The Bertz CT molecular complexity index is 1310. The van der Waals surface area contributed by atoms with Gasteiger partial charge in [-0.3, -0.25) is 9.35 Å². The highest BCUT2D eigenvalue weighted by Gasteiger charge is 2.48. The van der Waals surface area contributed by atoms with Gasteiger partial charge in [0, 0.05) is 0 Å². The van der Waals surface area contributed by atoms with Crippen molar-refractivity contribution >= 4 is 16.3 Å². The van der Waals surface area contributed by atoms with E-state index in [9.17, 15) is 38.7 Å². The molecule has 0 aromatic heterocycles. The van der Waals surface area contributed by atoms with Gasteiger partial charge in [-0.1, -0.05) is 211 Å². The van der Waals surface area contributed by atoms with Gasteiger partial charge in [-0.25, -0.2) is 4.18 Å². The minimum Gasteiger partial charge on any atom is -0.394 e. The highest BCUT2D eigenvalue weighted by Crippen LogP contribution is 2.26. The molecule has 0 bridgehead atoms. The maximum absolute atomic E-state index is 13.0. The Kier molecular flexibility index (Phi) is 38.9. The number of aliphatic hydroxyl groups is 5. The Labute approximate surface area is 395 Å². The molecule has 1 aliphatic rings. The largest absolute Gasteiger partial charge is 0.397 e. The van der Waals surface area contributed by atoms with Gasteiger partial charge in [0.1, 0.15) is 30.5 Å². The molecule has 8 atom stereocenters. The lowest BCUT2D eigenvalue weighted by Crippen LogP contribution is -2.61. The standard InChI is InChI=1S/C51H95NO12S/c1-3-5-7-9-10-11-12-13-14-15-16-17-18-19-20-21-22-23-24-25-26-27-28-29-30-31-32-33-34-35-36-38-40-45(55)50(58)52-43(44(54)39-37-8-6-4-2)42-62-51-48(57)49(64-65(59,60)61)47(56)46(41-53)63-51/h16-17,19-20,37,39,43-49,51,53-57H,3-15,18,21-36,38,40-42H2,1-2H3,(H,52,58)(H,59,60,61)/b17-16-,20-19-,39-37+. The second-order valence-electron chi connectivity index (χ2n) is 18.3. The number of hydrogen-bond acceptors (Lipinski definition) is 11. The molecule has 1 aliphatic heterocycles. The number of aliphatic hydroxyl groups excluding tert-OH is 5. The summed E-state index contributed by atoms with van der Waals surface area (Å²) in [6.07, 6.45) is 39.4. The number of allylic oxidation sites excluding steroid dienone is 5. The number of amides is 1. The van der Waals surface area contributed by atoms with Crippen molar-refractivity contribution in [1.82, 2.24) is 5.32 Å². The van der Waals surface area contributed by atoms with Crippen LogP contribution < -0.4 is 5.32 Å². The molecule has 0 spiro atoms. The van der Waals surface area contributed by atoms with Gasteiger partial charge in [0.15, 0.2) is 6.29 Å². The van der Waals surface area contributed by atoms with Crippen LogP contribution in [0, 0.1) is 0 Å². The quantitative estimate of drug-likeness (QED) is 0.0173. The lowest BCUT2D eigenvalue weighted by atomic mass is 9.99. The lowest BCUT2D eigenvalue weighted by molar-refractivity contribution is -0.298. The first-order chi connectivity index (χ1) is 31.4. The first kappa shape index (κ1) is 61.3. The second kappa shape index (κ2) is 41.3. The van der Waals surface area contributed by atoms with E-state index in [4.69, 9.17) is 14.0 Å². The third-order valence-corrected chi connectivity index (χ3v) is 12.7. The van der Waals surface area contributed by atoms with Crippen molar-refractivity contribution in [1.29, 1.82) is 0 Å². The SMILES string of the molecule is CCCC/C=C/C(O)C(COC1OC(CO)C(O)C(OS(=O)(=O)O)C1O)NC(=O)C(O)CCCCCCCCCCCCCCCCCC/C=C\C/C=C\CCCCCCCCCCC. The summed E-state index contributed by atoms with van der Waals surface area (Å²) in [7, 11) is -5.11. The first-order valence-electron chi connectivity index (χ1n) is 26.0. The van der Waals surface area contributed by atoms with Gasteiger partial charge in [0.25, 0.3) is 0 Å². The Balaban J connectivity index is 2.14. The summed E-state index contributed by atoms with van der Waals surface area (Å²) in [6.45, 7) is 3.03. The summed E-state index contributed by atoms with van der Waals surface area (Å²) in [4.78, 5) is 13.0. The molecule has 0 aromatic carbocycles. The minimum absolute atomic E-state index is 0.242. The minimum atomic E-state index is -5.11. The molecule has 1 rings (SSSR count). The Morgan fingerprint density at radius 2 is 1.08 bits per heavy atom. The molecule has 65 heavy (non-hydrogen) atoms. The number of carbonyl (C=O) groups excluding carboxylic acids is 1. The number of ether oxygens (including phenoxy) is 2. The van der Waals surface area contributed by atoms with E-state index in [1.54, 1.807) is 6.08 Å². The summed E-state index contributed by atoms with van der Waals surface area (Å²) >= 11 is 0. The van der Waals surface area contributed by atoms with Crippen LogP contribution in [0.2, 0.25) is 0 Å². The Hall–Kier alpha value is -1.72. The maximum Gasteiger partial charge on any atom is 0.397 e. The van der Waals surface area contributed by atoms with Gasteiger partial charge < -0.3 is 40.3 Å². The lowest BCUT2D eigenvalue weighted by Gasteiger charge is -2.41. The smallest absolute Gasteiger partial charge is 0.394 e. The fourth-order valence-corrected chi connectivity index (χ4v) is 8.63. The van der Waals surface area contributed by atoms with E-state index in [0.29, 0.717) is 12.8 Å². The number of unbranched alkanes of at least 4 members (excludes halogenated alkanes) is 27. The van der Waals surface area contributed by atoms with E-state index in [1.165, 1.54) is 154 Å². The molecule has 1 saturated heterocycles.